The fourth-order valence-corrected chi connectivity index (χ4v) is 3.63. The van der Waals surface area contributed by atoms with Crippen LogP contribution in [0.25, 0.3) is 0 Å². The Labute approximate surface area is 112 Å². The Hall–Kier alpha value is -0.720. The Morgan fingerprint density at radius 3 is 2.67 bits per heavy atom. The van der Waals surface area contributed by atoms with Gasteiger partial charge >= 0.3 is 0 Å². The summed E-state index contributed by atoms with van der Waals surface area (Å²) in [7, 11) is -3.84. The maximum atomic E-state index is 10.7. The van der Waals surface area contributed by atoms with Crippen molar-refractivity contribution in [2.75, 3.05) is 23.1 Å². The molecule has 0 atom stereocenters. The summed E-state index contributed by atoms with van der Waals surface area (Å²) in [4.78, 5) is 3.42. The smallest absolute Gasteiger partial charge is 0.264 e. The summed E-state index contributed by atoms with van der Waals surface area (Å²) in [5.74, 6) is 0.679. The third-order valence-corrected chi connectivity index (χ3v) is 5.01. The molecule has 1 aromatic carbocycles. The molecule has 18 heavy (non-hydrogen) atoms. The van der Waals surface area contributed by atoms with E-state index < -0.39 is 10.1 Å². The molecular formula is C12H17NO3S2. The van der Waals surface area contributed by atoms with Gasteiger partial charge < -0.3 is 4.90 Å². The molecule has 2 rings (SSSR count). The van der Waals surface area contributed by atoms with Crippen molar-refractivity contribution in [3.63, 3.8) is 0 Å². The predicted molar refractivity (Wildman–Crippen MR) is 75.0 cm³/mol. The van der Waals surface area contributed by atoms with E-state index in [0.717, 1.165) is 5.88 Å². The van der Waals surface area contributed by atoms with Gasteiger partial charge in [-0.3, -0.25) is 4.55 Å². The van der Waals surface area contributed by atoms with Crippen molar-refractivity contribution in [3.8, 4) is 0 Å². The average molecular weight is 287 g/mol. The molecule has 6 heteroatoms. The molecule has 0 saturated carbocycles. The highest BCUT2D eigenvalue weighted by Crippen LogP contribution is 2.39. The van der Waals surface area contributed by atoms with Crippen molar-refractivity contribution in [1.82, 2.24) is 0 Å². The molecule has 0 amide bonds. The molecule has 100 valence electrons. The first-order chi connectivity index (χ1) is 8.37. The van der Waals surface area contributed by atoms with Gasteiger partial charge in [-0.15, -0.1) is 11.8 Å². The topological polar surface area (TPSA) is 57.6 Å². The number of hydrogen-bond acceptors (Lipinski definition) is 4. The molecule has 1 aromatic rings. The Morgan fingerprint density at radius 1 is 1.33 bits per heavy atom. The van der Waals surface area contributed by atoms with Crippen LogP contribution in [0.5, 0.6) is 0 Å². The Morgan fingerprint density at radius 2 is 2.00 bits per heavy atom. The minimum atomic E-state index is -3.84. The molecule has 0 unspecified atom stereocenters. The second-order valence-electron chi connectivity index (χ2n) is 4.58. The number of thioether (sulfide) groups is 1. The van der Waals surface area contributed by atoms with Crippen molar-refractivity contribution in [2.24, 2.45) is 0 Å². The van der Waals surface area contributed by atoms with Crippen LogP contribution in [0, 0.1) is 13.8 Å². The molecular weight excluding hydrogens is 270 g/mol. The first kappa shape index (κ1) is 13.7. The molecule has 0 aliphatic carbocycles. The van der Waals surface area contributed by atoms with E-state index >= 15 is 0 Å². The number of nitrogens with zero attached hydrogens (tertiary/aromatic N) is 1. The molecule has 1 aliphatic rings. The van der Waals surface area contributed by atoms with Crippen molar-refractivity contribution in [3.05, 3.63) is 23.3 Å². The standard InChI is InChI=1S/C12H17NO3S2/c1-9-6-11-12(7-10(9)2)17-8-13(11)4-3-5-18(14,15)16/h6-7H,3-5,8H2,1-2H3,(H,14,15,16). The van der Waals surface area contributed by atoms with Crippen LogP contribution in [0.3, 0.4) is 0 Å². The van der Waals surface area contributed by atoms with Crippen molar-refractivity contribution >= 4 is 27.6 Å². The molecule has 0 bridgehead atoms. The molecule has 1 heterocycles. The third kappa shape index (κ3) is 3.18. The number of aryl methyl sites for hydroxylation is 2. The normalized spacial score (nSPS) is 14.9. The molecule has 0 saturated heterocycles. The molecule has 1 N–H and O–H groups in total. The molecule has 0 spiro atoms. The van der Waals surface area contributed by atoms with Crippen LogP contribution in [0.2, 0.25) is 0 Å². The van der Waals surface area contributed by atoms with Gasteiger partial charge in [0.25, 0.3) is 10.1 Å². The van der Waals surface area contributed by atoms with Crippen LogP contribution < -0.4 is 4.90 Å². The summed E-state index contributed by atoms with van der Waals surface area (Å²) in [6.07, 6.45) is 0.450. The maximum absolute atomic E-state index is 10.7. The van der Waals surface area contributed by atoms with E-state index in [-0.39, 0.29) is 5.75 Å². The second kappa shape index (κ2) is 5.11. The third-order valence-electron chi connectivity index (χ3n) is 3.12. The van der Waals surface area contributed by atoms with Crippen molar-refractivity contribution in [1.29, 1.82) is 0 Å². The zero-order valence-electron chi connectivity index (χ0n) is 10.5. The number of anilines is 1. The fourth-order valence-electron chi connectivity index (χ4n) is 1.98. The van der Waals surface area contributed by atoms with Gasteiger partial charge in [0.1, 0.15) is 0 Å². The van der Waals surface area contributed by atoms with E-state index in [1.807, 2.05) is 0 Å². The monoisotopic (exact) mass is 287 g/mol. The lowest BCUT2D eigenvalue weighted by molar-refractivity contribution is 0.481. The van der Waals surface area contributed by atoms with E-state index in [9.17, 15) is 8.42 Å². The summed E-state index contributed by atoms with van der Waals surface area (Å²) in [5.41, 5.74) is 3.70. The van der Waals surface area contributed by atoms with E-state index in [4.69, 9.17) is 4.55 Å². The van der Waals surface area contributed by atoms with Gasteiger partial charge in [-0.25, -0.2) is 0 Å². The minimum absolute atomic E-state index is 0.172. The first-order valence-electron chi connectivity index (χ1n) is 5.81. The van der Waals surface area contributed by atoms with Gasteiger partial charge in [-0.05, 0) is 43.5 Å². The summed E-state index contributed by atoms with van der Waals surface area (Å²) in [6, 6.07) is 4.33. The largest absolute Gasteiger partial charge is 0.361 e. The first-order valence-corrected chi connectivity index (χ1v) is 8.40. The van der Waals surface area contributed by atoms with Gasteiger partial charge in [0.15, 0.2) is 0 Å². The lowest BCUT2D eigenvalue weighted by Gasteiger charge is -2.18. The summed E-state index contributed by atoms with van der Waals surface area (Å²) >= 11 is 1.77. The van der Waals surface area contributed by atoms with Gasteiger partial charge in [-0.1, -0.05) is 0 Å². The van der Waals surface area contributed by atoms with Crippen LogP contribution in [-0.4, -0.2) is 31.1 Å². The highest BCUT2D eigenvalue weighted by atomic mass is 32.2. The van der Waals surface area contributed by atoms with Crippen molar-refractivity contribution in [2.45, 2.75) is 25.2 Å². The summed E-state index contributed by atoms with van der Waals surface area (Å²) in [5, 5.41) is 0. The van der Waals surface area contributed by atoms with Gasteiger partial charge in [0.05, 0.1) is 17.3 Å². The average Bonchev–Trinajstić information content (AvgIpc) is 2.60. The number of hydrogen-bond donors (Lipinski definition) is 1. The number of fused-ring (bicyclic) bond motifs is 1. The van der Waals surface area contributed by atoms with Crippen LogP contribution in [0.1, 0.15) is 17.5 Å². The zero-order chi connectivity index (χ0) is 13.3. The second-order valence-corrected chi connectivity index (χ2v) is 7.14. The highest BCUT2D eigenvalue weighted by Gasteiger charge is 2.20. The van der Waals surface area contributed by atoms with Gasteiger partial charge in [0.2, 0.25) is 0 Å². The number of benzene rings is 1. The van der Waals surface area contributed by atoms with Crippen LogP contribution in [-0.2, 0) is 10.1 Å². The zero-order valence-corrected chi connectivity index (χ0v) is 12.1. The van der Waals surface area contributed by atoms with Crippen molar-refractivity contribution < 1.29 is 13.0 Å². The molecule has 4 nitrogen and oxygen atoms in total. The summed E-state index contributed by atoms with van der Waals surface area (Å²) < 4.78 is 30.1. The lowest BCUT2D eigenvalue weighted by Crippen LogP contribution is -2.22. The summed E-state index contributed by atoms with van der Waals surface area (Å²) in [6.45, 7) is 4.83. The number of rotatable bonds is 4. The SMILES string of the molecule is Cc1cc2c(cc1C)N(CCCS(=O)(=O)O)CS2. The lowest BCUT2D eigenvalue weighted by atomic mass is 10.1. The van der Waals surface area contributed by atoms with Crippen LogP contribution >= 0.6 is 11.8 Å². The fraction of sp³-hybridized carbons (Fsp3) is 0.500. The van der Waals surface area contributed by atoms with Gasteiger partial charge in [0, 0.05) is 11.4 Å². The Balaban J connectivity index is 2.05. The quantitative estimate of drug-likeness (QED) is 0.862. The van der Waals surface area contributed by atoms with E-state index in [0.29, 0.717) is 13.0 Å². The van der Waals surface area contributed by atoms with Gasteiger partial charge in [-0.2, -0.15) is 8.42 Å². The Kier molecular flexibility index (Phi) is 3.89. The van der Waals surface area contributed by atoms with Crippen LogP contribution in [0.15, 0.2) is 17.0 Å². The highest BCUT2D eigenvalue weighted by molar-refractivity contribution is 7.99. The minimum Gasteiger partial charge on any atom is -0.361 e. The van der Waals surface area contributed by atoms with E-state index in [1.165, 1.54) is 21.7 Å². The van der Waals surface area contributed by atoms with E-state index in [1.54, 1.807) is 11.8 Å². The Bertz CT molecular complexity index is 555. The molecule has 0 fully saturated rings. The predicted octanol–water partition coefficient (Wildman–Crippen LogP) is 2.45. The molecule has 0 aromatic heterocycles. The van der Waals surface area contributed by atoms with Crippen LogP contribution in [0.4, 0.5) is 5.69 Å². The molecule has 1 aliphatic heterocycles. The maximum Gasteiger partial charge on any atom is 0.264 e. The van der Waals surface area contributed by atoms with E-state index in [2.05, 4.69) is 30.9 Å². The molecule has 0 radical (unpaired) electrons.